The number of nitrogens with one attached hydrogen (secondary N) is 3. The monoisotopic (exact) mass is 602 g/mol. The third-order valence-corrected chi connectivity index (χ3v) is 9.84. The summed E-state index contributed by atoms with van der Waals surface area (Å²) in [4.78, 5) is 30.0. The van der Waals surface area contributed by atoms with E-state index in [1.807, 2.05) is 0 Å². The number of sulfone groups is 1. The van der Waals surface area contributed by atoms with Crippen LogP contribution >= 0.6 is 22.9 Å². The van der Waals surface area contributed by atoms with Gasteiger partial charge < -0.3 is 5.32 Å². The van der Waals surface area contributed by atoms with Crippen LogP contribution in [0.25, 0.3) is 0 Å². The van der Waals surface area contributed by atoms with E-state index in [1.165, 1.54) is 25.2 Å². The van der Waals surface area contributed by atoms with Gasteiger partial charge in [0, 0.05) is 23.6 Å². The lowest BCUT2D eigenvalue weighted by Crippen LogP contribution is -2.23. The summed E-state index contributed by atoms with van der Waals surface area (Å²) in [5.41, 5.74) is 0.342. The number of hydrogen-bond donors (Lipinski definition) is 3. The van der Waals surface area contributed by atoms with Crippen LogP contribution in [0.3, 0.4) is 0 Å². The highest BCUT2D eigenvalue weighted by Crippen LogP contribution is 2.33. The Kier molecular flexibility index (Phi) is 8.12. The van der Waals surface area contributed by atoms with E-state index in [-0.39, 0.29) is 38.0 Å². The molecular weight excluding hydrogens is 580 g/mol. The van der Waals surface area contributed by atoms with Gasteiger partial charge in [0.2, 0.25) is 10.0 Å². The molecule has 4 rings (SSSR count). The van der Waals surface area contributed by atoms with Gasteiger partial charge >= 0.3 is 6.03 Å². The van der Waals surface area contributed by atoms with Crippen molar-refractivity contribution in [2.24, 2.45) is 13.0 Å². The SMILES string of the molecule is Cn1nnnc1S(=O)(=O)c1sc(NC(=O)Nc2ccc(Cl)cc2C(=O)C2CCCC2)nc1CNS(C)(=O)=O. The zero-order chi connectivity index (χ0) is 27.7. The van der Waals surface area contributed by atoms with Gasteiger partial charge in [0.1, 0.15) is 0 Å². The highest BCUT2D eigenvalue weighted by molar-refractivity contribution is 7.93. The zero-order valence-electron chi connectivity index (χ0n) is 20.1. The molecular formula is C20H23ClN8O6S3. The summed E-state index contributed by atoms with van der Waals surface area (Å²) < 4.78 is 52.3. The van der Waals surface area contributed by atoms with Gasteiger partial charge in [0.05, 0.1) is 24.2 Å². The number of carbonyl (C=O) groups excluding carboxylic acids is 2. The molecule has 0 aliphatic heterocycles. The van der Waals surface area contributed by atoms with Crippen LogP contribution in [0.2, 0.25) is 5.02 Å². The molecule has 1 aliphatic carbocycles. The van der Waals surface area contributed by atoms with E-state index in [2.05, 4.69) is 35.9 Å². The standard InChI is InChI=1S/C20H23ClN8O6S3/c1-29-20(26-27-28-29)38(34,35)17-15(10-22-37(2,32)33)24-19(36-17)25-18(31)23-14-8-7-12(21)9-13(14)16(30)11-5-3-4-6-11/h7-9,11,22H,3-6,10H2,1-2H3,(H2,23,24,25,31). The number of nitrogens with zero attached hydrogens (tertiary/aromatic N) is 5. The molecule has 2 amide bonds. The van der Waals surface area contributed by atoms with E-state index < -0.39 is 37.6 Å². The Morgan fingerprint density at radius 2 is 1.87 bits per heavy atom. The average molecular weight is 603 g/mol. The molecule has 2 aromatic heterocycles. The number of halogens is 1. The van der Waals surface area contributed by atoms with Crippen LogP contribution in [0, 0.1) is 5.92 Å². The molecule has 1 saturated carbocycles. The average Bonchev–Trinajstić information content (AvgIpc) is 3.59. The largest absolute Gasteiger partial charge is 0.325 e. The molecule has 1 aliphatic rings. The molecule has 0 atom stereocenters. The fourth-order valence-electron chi connectivity index (χ4n) is 3.93. The first kappa shape index (κ1) is 28.0. The number of hydrogen-bond acceptors (Lipinski definition) is 11. The zero-order valence-corrected chi connectivity index (χ0v) is 23.3. The van der Waals surface area contributed by atoms with Crippen molar-refractivity contribution < 1.29 is 26.4 Å². The fourth-order valence-corrected chi connectivity index (χ4v) is 7.24. The number of sulfonamides is 1. The van der Waals surface area contributed by atoms with Crippen molar-refractivity contribution in [3.63, 3.8) is 0 Å². The maximum atomic E-state index is 13.2. The molecule has 204 valence electrons. The van der Waals surface area contributed by atoms with E-state index in [1.54, 1.807) is 0 Å². The second kappa shape index (κ2) is 11.0. The fraction of sp³-hybridized carbons (Fsp3) is 0.400. The Balaban J connectivity index is 1.60. The van der Waals surface area contributed by atoms with E-state index in [9.17, 15) is 26.4 Å². The minimum Gasteiger partial charge on any atom is -0.307 e. The lowest BCUT2D eigenvalue weighted by Gasteiger charge is -2.14. The summed E-state index contributed by atoms with van der Waals surface area (Å²) in [7, 11) is -6.68. The first-order valence-electron chi connectivity index (χ1n) is 11.2. The van der Waals surface area contributed by atoms with Crippen LogP contribution in [-0.4, -0.2) is 60.1 Å². The third kappa shape index (κ3) is 6.35. The molecule has 0 radical (unpaired) electrons. The number of amides is 2. The van der Waals surface area contributed by atoms with Crippen molar-refractivity contribution >= 4 is 65.4 Å². The molecule has 3 aromatic rings. The normalized spacial score (nSPS) is 14.5. The molecule has 14 nitrogen and oxygen atoms in total. The number of aromatic nitrogens is 5. The second-order valence-corrected chi connectivity index (χ2v) is 13.9. The van der Waals surface area contributed by atoms with Gasteiger partial charge in [-0.05, 0) is 41.5 Å². The highest BCUT2D eigenvalue weighted by atomic mass is 35.5. The summed E-state index contributed by atoms with van der Waals surface area (Å²) >= 11 is 6.70. The topological polar surface area (TPSA) is 195 Å². The van der Waals surface area contributed by atoms with Crippen LogP contribution in [0.15, 0.2) is 27.6 Å². The number of urea groups is 1. The van der Waals surface area contributed by atoms with Crippen LogP contribution in [-0.2, 0) is 33.5 Å². The van der Waals surface area contributed by atoms with Crippen LogP contribution in [0.1, 0.15) is 41.7 Å². The molecule has 1 aromatic carbocycles. The number of rotatable bonds is 9. The van der Waals surface area contributed by atoms with Gasteiger partial charge in [-0.25, -0.2) is 36.0 Å². The number of thiazole rings is 1. The third-order valence-electron chi connectivity index (χ3n) is 5.67. The number of ketones is 1. The van der Waals surface area contributed by atoms with Crippen molar-refractivity contribution in [3.8, 4) is 0 Å². The van der Waals surface area contributed by atoms with E-state index in [0.29, 0.717) is 16.4 Å². The van der Waals surface area contributed by atoms with Gasteiger partial charge in [0.15, 0.2) is 15.1 Å². The van der Waals surface area contributed by atoms with Crippen molar-refractivity contribution in [2.45, 2.75) is 41.6 Å². The predicted octanol–water partition coefficient (Wildman–Crippen LogP) is 2.22. The van der Waals surface area contributed by atoms with E-state index in [4.69, 9.17) is 11.6 Å². The Morgan fingerprint density at radius 1 is 1.16 bits per heavy atom. The number of tetrazole rings is 1. The van der Waals surface area contributed by atoms with Crippen molar-refractivity contribution in [3.05, 3.63) is 34.5 Å². The molecule has 3 N–H and O–H groups in total. The molecule has 0 bridgehead atoms. The minimum atomic E-state index is -4.31. The first-order valence-corrected chi connectivity index (χ1v) is 15.8. The van der Waals surface area contributed by atoms with Crippen LogP contribution in [0.5, 0.6) is 0 Å². The molecule has 2 heterocycles. The Bertz CT molecular complexity index is 1600. The van der Waals surface area contributed by atoms with Crippen molar-refractivity contribution in [1.82, 2.24) is 29.9 Å². The molecule has 38 heavy (non-hydrogen) atoms. The smallest absolute Gasteiger partial charge is 0.307 e. The van der Waals surface area contributed by atoms with Gasteiger partial charge in [0.25, 0.3) is 15.0 Å². The number of benzene rings is 1. The van der Waals surface area contributed by atoms with E-state index >= 15 is 0 Å². The molecule has 0 spiro atoms. The summed E-state index contributed by atoms with van der Waals surface area (Å²) in [5.74, 6) is -0.266. The molecule has 18 heteroatoms. The molecule has 0 saturated heterocycles. The van der Waals surface area contributed by atoms with E-state index in [0.717, 1.165) is 36.6 Å². The first-order chi connectivity index (χ1) is 17.8. The highest BCUT2D eigenvalue weighted by Gasteiger charge is 2.32. The Hall–Kier alpha value is -2.99. The summed E-state index contributed by atoms with van der Waals surface area (Å²) in [5, 5.41) is 15.1. The molecule has 1 fully saturated rings. The molecule has 0 unspecified atom stereocenters. The van der Waals surface area contributed by atoms with Crippen molar-refractivity contribution in [2.75, 3.05) is 16.9 Å². The Labute approximate surface area is 227 Å². The lowest BCUT2D eigenvalue weighted by atomic mass is 9.95. The van der Waals surface area contributed by atoms with Gasteiger partial charge in [-0.3, -0.25) is 10.1 Å². The van der Waals surface area contributed by atoms with Gasteiger partial charge in [-0.1, -0.05) is 40.9 Å². The van der Waals surface area contributed by atoms with Crippen LogP contribution < -0.4 is 15.4 Å². The summed E-state index contributed by atoms with van der Waals surface area (Å²) in [6.45, 7) is -0.463. The maximum Gasteiger partial charge on any atom is 0.325 e. The number of carbonyl (C=O) groups is 2. The van der Waals surface area contributed by atoms with Crippen molar-refractivity contribution in [1.29, 1.82) is 0 Å². The predicted molar refractivity (Wildman–Crippen MR) is 138 cm³/mol. The van der Waals surface area contributed by atoms with Gasteiger partial charge in [-0.15, -0.1) is 0 Å². The Morgan fingerprint density at radius 3 is 2.50 bits per heavy atom. The van der Waals surface area contributed by atoms with Gasteiger partial charge in [-0.2, -0.15) is 0 Å². The quantitative estimate of drug-likeness (QED) is 0.305. The minimum absolute atomic E-state index is 0.116. The number of anilines is 2. The summed E-state index contributed by atoms with van der Waals surface area (Å²) in [6.07, 6.45) is 4.34. The summed E-state index contributed by atoms with van der Waals surface area (Å²) in [6, 6.07) is 3.73. The lowest BCUT2D eigenvalue weighted by molar-refractivity contribution is 0.0923. The second-order valence-electron chi connectivity index (χ2n) is 8.55. The van der Waals surface area contributed by atoms with Crippen LogP contribution in [0.4, 0.5) is 15.6 Å². The maximum absolute atomic E-state index is 13.2. The number of aryl methyl sites for hydroxylation is 1. The number of Topliss-reactive ketones (excluding diaryl/α,β-unsaturated/α-hetero) is 1.